The summed E-state index contributed by atoms with van der Waals surface area (Å²) >= 11 is 11.0. The Bertz CT molecular complexity index is 381. The molecule has 7 heteroatoms. The summed E-state index contributed by atoms with van der Waals surface area (Å²) in [5.74, 6) is -1.78. The lowest BCUT2D eigenvalue weighted by Crippen LogP contribution is -2.02. The van der Waals surface area contributed by atoms with Gasteiger partial charge in [-0.1, -0.05) is 23.2 Å². The van der Waals surface area contributed by atoms with E-state index in [0.717, 1.165) is 6.07 Å². The number of carbonyl (C=O) groups is 1. The number of nitrogens with two attached hydrogens (primary N) is 1. The molecular formula is C7H6Cl3NO3. The minimum absolute atomic E-state index is 0. The molecule has 1 aromatic carbocycles. The van der Waals surface area contributed by atoms with Gasteiger partial charge < -0.3 is 15.9 Å². The number of rotatable bonds is 1. The van der Waals surface area contributed by atoms with Crippen LogP contribution >= 0.6 is 35.6 Å². The first-order valence-corrected chi connectivity index (χ1v) is 3.90. The highest BCUT2D eigenvalue weighted by Gasteiger charge is 2.17. The average Bonchev–Trinajstić information content (AvgIpc) is 2.07. The van der Waals surface area contributed by atoms with Crippen molar-refractivity contribution >= 4 is 47.3 Å². The maximum atomic E-state index is 10.5. The summed E-state index contributed by atoms with van der Waals surface area (Å²) in [6.07, 6.45) is 0. The van der Waals surface area contributed by atoms with E-state index in [-0.39, 0.29) is 33.7 Å². The summed E-state index contributed by atoms with van der Waals surface area (Å²) in [7, 11) is 0. The monoisotopic (exact) mass is 257 g/mol. The summed E-state index contributed by atoms with van der Waals surface area (Å²) in [6, 6.07) is 1.08. The molecule has 78 valence electrons. The van der Waals surface area contributed by atoms with Crippen molar-refractivity contribution in [3.63, 3.8) is 0 Å². The van der Waals surface area contributed by atoms with E-state index in [1.54, 1.807) is 0 Å². The van der Waals surface area contributed by atoms with Crippen LogP contribution in [0.1, 0.15) is 10.4 Å². The van der Waals surface area contributed by atoms with Gasteiger partial charge in [0.15, 0.2) is 5.75 Å². The van der Waals surface area contributed by atoms with Crippen molar-refractivity contribution in [1.29, 1.82) is 0 Å². The maximum Gasteiger partial charge on any atom is 0.337 e. The molecule has 14 heavy (non-hydrogen) atoms. The Morgan fingerprint density at radius 3 is 2.36 bits per heavy atom. The van der Waals surface area contributed by atoms with Crippen molar-refractivity contribution in [2.45, 2.75) is 0 Å². The van der Waals surface area contributed by atoms with Gasteiger partial charge in [-0.2, -0.15) is 0 Å². The van der Waals surface area contributed by atoms with Crippen LogP contribution in [0.15, 0.2) is 6.07 Å². The lowest BCUT2D eigenvalue weighted by Gasteiger charge is -2.06. The van der Waals surface area contributed by atoms with Crippen LogP contribution in [-0.2, 0) is 0 Å². The van der Waals surface area contributed by atoms with Crippen molar-refractivity contribution < 1.29 is 15.0 Å². The molecule has 0 aromatic heterocycles. The number of halogens is 3. The third-order valence-corrected chi connectivity index (χ3v) is 2.24. The van der Waals surface area contributed by atoms with E-state index in [0.29, 0.717) is 0 Å². The Balaban J connectivity index is 0.00000169. The Labute approximate surface area is 95.6 Å². The van der Waals surface area contributed by atoms with Gasteiger partial charge in [-0.25, -0.2) is 4.79 Å². The predicted molar refractivity (Wildman–Crippen MR) is 56.7 cm³/mol. The molecule has 0 unspecified atom stereocenters. The first kappa shape index (κ1) is 13.2. The number of phenolic OH excluding ortho intramolecular Hbond substituents is 1. The minimum atomic E-state index is -1.27. The molecule has 0 atom stereocenters. The summed E-state index contributed by atoms with van der Waals surface area (Å²) in [5.41, 5.74) is 4.72. The van der Waals surface area contributed by atoms with Gasteiger partial charge in [0.05, 0.1) is 16.3 Å². The standard InChI is InChI=1S/C7H5Cl2NO3.ClH/c8-3-1-2(7(12)13)5(10)6(11)4(3)9;/h1,11H,10H2,(H,12,13);1H. The van der Waals surface area contributed by atoms with Crippen LogP contribution in [0.5, 0.6) is 5.75 Å². The number of nitrogen functional groups attached to an aromatic ring is 1. The molecule has 0 spiro atoms. The minimum Gasteiger partial charge on any atom is -0.504 e. The Kier molecular flexibility index (Phi) is 4.32. The third kappa shape index (κ3) is 2.15. The Morgan fingerprint density at radius 1 is 1.43 bits per heavy atom. The molecule has 0 fully saturated rings. The van der Waals surface area contributed by atoms with Crippen LogP contribution in [0.4, 0.5) is 5.69 Å². The van der Waals surface area contributed by atoms with Crippen molar-refractivity contribution in [3.8, 4) is 5.75 Å². The van der Waals surface area contributed by atoms with Crippen molar-refractivity contribution in [2.75, 3.05) is 5.73 Å². The van der Waals surface area contributed by atoms with E-state index in [2.05, 4.69) is 0 Å². The summed E-state index contributed by atoms with van der Waals surface area (Å²) in [4.78, 5) is 10.5. The summed E-state index contributed by atoms with van der Waals surface area (Å²) < 4.78 is 0. The Morgan fingerprint density at radius 2 is 1.93 bits per heavy atom. The molecule has 0 saturated carbocycles. The molecule has 4 nitrogen and oxygen atoms in total. The summed E-state index contributed by atoms with van der Waals surface area (Å²) in [6.45, 7) is 0. The number of carboxylic acid groups (broad SMARTS) is 1. The predicted octanol–water partition coefficient (Wildman–Crippen LogP) is 2.40. The Hall–Kier alpha value is -0.840. The van der Waals surface area contributed by atoms with E-state index < -0.39 is 11.7 Å². The van der Waals surface area contributed by atoms with E-state index in [9.17, 15) is 9.90 Å². The van der Waals surface area contributed by atoms with Gasteiger partial charge in [0.2, 0.25) is 0 Å². The second-order valence-corrected chi connectivity index (χ2v) is 3.07. The SMILES string of the molecule is Cl.Nc1c(C(=O)O)cc(Cl)c(Cl)c1O. The second-order valence-electron chi connectivity index (χ2n) is 2.29. The number of anilines is 1. The number of phenols is 1. The maximum absolute atomic E-state index is 10.5. The molecule has 0 radical (unpaired) electrons. The van der Waals surface area contributed by atoms with Crippen LogP contribution in [0.2, 0.25) is 10.0 Å². The zero-order chi connectivity index (χ0) is 10.2. The van der Waals surface area contributed by atoms with E-state index in [1.807, 2.05) is 0 Å². The molecule has 0 aliphatic heterocycles. The molecule has 0 aliphatic carbocycles. The highest BCUT2D eigenvalue weighted by molar-refractivity contribution is 6.43. The van der Waals surface area contributed by atoms with E-state index >= 15 is 0 Å². The van der Waals surface area contributed by atoms with E-state index in [4.69, 9.17) is 34.0 Å². The van der Waals surface area contributed by atoms with Crippen molar-refractivity contribution in [3.05, 3.63) is 21.7 Å². The average molecular weight is 258 g/mol. The number of hydrogen-bond acceptors (Lipinski definition) is 3. The normalized spacial score (nSPS) is 9.29. The molecule has 1 aromatic rings. The first-order chi connectivity index (χ1) is 5.95. The van der Waals surface area contributed by atoms with Crippen LogP contribution < -0.4 is 5.73 Å². The molecule has 0 bridgehead atoms. The quantitative estimate of drug-likeness (QED) is 0.533. The fraction of sp³-hybridized carbons (Fsp3) is 0. The number of carboxylic acids is 1. The van der Waals surface area contributed by atoms with E-state index in [1.165, 1.54) is 0 Å². The van der Waals surface area contributed by atoms with Gasteiger partial charge in [0.1, 0.15) is 5.02 Å². The topological polar surface area (TPSA) is 83.6 Å². The van der Waals surface area contributed by atoms with Crippen LogP contribution in [0, 0.1) is 0 Å². The molecule has 4 N–H and O–H groups in total. The van der Waals surface area contributed by atoms with Crippen LogP contribution in [0.25, 0.3) is 0 Å². The number of hydrogen-bond donors (Lipinski definition) is 3. The second kappa shape index (κ2) is 4.59. The molecule has 0 saturated heterocycles. The van der Waals surface area contributed by atoms with Gasteiger partial charge in [-0.05, 0) is 6.07 Å². The van der Waals surface area contributed by atoms with Crippen molar-refractivity contribution in [1.82, 2.24) is 0 Å². The zero-order valence-electron chi connectivity index (χ0n) is 6.62. The molecule has 0 heterocycles. The molecule has 0 amide bonds. The largest absolute Gasteiger partial charge is 0.504 e. The van der Waals surface area contributed by atoms with Crippen molar-refractivity contribution in [2.24, 2.45) is 0 Å². The van der Waals surface area contributed by atoms with Gasteiger partial charge in [0.25, 0.3) is 0 Å². The number of aromatic carboxylic acids is 1. The van der Waals surface area contributed by atoms with Crippen LogP contribution in [0.3, 0.4) is 0 Å². The zero-order valence-corrected chi connectivity index (χ0v) is 8.95. The lowest BCUT2D eigenvalue weighted by molar-refractivity contribution is 0.0697. The third-order valence-electron chi connectivity index (χ3n) is 1.46. The van der Waals surface area contributed by atoms with Gasteiger partial charge in [-0.15, -0.1) is 12.4 Å². The number of aromatic hydroxyl groups is 1. The van der Waals surface area contributed by atoms with Gasteiger partial charge in [0, 0.05) is 0 Å². The first-order valence-electron chi connectivity index (χ1n) is 3.15. The number of benzene rings is 1. The van der Waals surface area contributed by atoms with Gasteiger partial charge >= 0.3 is 5.97 Å². The van der Waals surface area contributed by atoms with Crippen LogP contribution in [-0.4, -0.2) is 16.2 Å². The smallest absolute Gasteiger partial charge is 0.337 e. The molecule has 0 aliphatic rings. The molecular weight excluding hydrogens is 252 g/mol. The summed E-state index contributed by atoms with van der Waals surface area (Å²) in [5, 5.41) is 17.6. The highest BCUT2D eigenvalue weighted by Crippen LogP contribution is 2.38. The fourth-order valence-corrected chi connectivity index (χ4v) is 1.16. The fourth-order valence-electron chi connectivity index (χ4n) is 0.804. The molecule has 1 rings (SSSR count). The lowest BCUT2D eigenvalue weighted by atomic mass is 10.1. The highest BCUT2D eigenvalue weighted by atomic mass is 35.5. The van der Waals surface area contributed by atoms with Gasteiger partial charge in [-0.3, -0.25) is 0 Å².